The fourth-order valence-electron chi connectivity index (χ4n) is 8.06. The minimum absolute atomic E-state index is 0.0240. The molecule has 318 valence electrons. The number of thiazole rings is 1. The molecule has 2 aliphatic heterocycles. The van der Waals surface area contributed by atoms with Crippen LogP contribution in [0.5, 0.6) is 0 Å². The molecule has 0 spiro atoms. The third kappa shape index (κ3) is 8.61. The number of carbonyl (C=O) groups excluding carboxylic acids is 4. The van der Waals surface area contributed by atoms with Gasteiger partial charge in [0.2, 0.25) is 5.91 Å². The van der Waals surface area contributed by atoms with Crippen LogP contribution in [0.2, 0.25) is 0 Å². The van der Waals surface area contributed by atoms with Crippen LogP contribution >= 0.6 is 34.9 Å². The van der Waals surface area contributed by atoms with Gasteiger partial charge in [-0.2, -0.15) is 0 Å². The van der Waals surface area contributed by atoms with E-state index in [4.69, 9.17) is 4.74 Å². The number of rotatable bonds is 15. The molecule has 0 saturated carbocycles. The van der Waals surface area contributed by atoms with Gasteiger partial charge in [-0.05, 0) is 45.4 Å². The fraction of sp³-hybridized carbons (Fsp3) is 0.137. The van der Waals surface area contributed by atoms with Crippen molar-refractivity contribution in [1.29, 1.82) is 0 Å². The maximum atomic E-state index is 14.6. The van der Waals surface area contributed by atoms with Gasteiger partial charge in [-0.15, -0.1) is 23.1 Å². The summed E-state index contributed by atoms with van der Waals surface area (Å²) in [6.07, 6.45) is 4.54. The van der Waals surface area contributed by atoms with Crippen LogP contribution in [-0.4, -0.2) is 62.1 Å². The van der Waals surface area contributed by atoms with E-state index in [1.54, 1.807) is 22.7 Å². The first kappa shape index (κ1) is 42.5. The molecule has 0 bridgehead atoms. The molecule has 7 aromatic rings. The van der Waals surface area contributed by atoms with Crippen molar-refractivity contribution in [1.82, 2.24) is 20.2 Å². The number of nitrogens with zero attached hydrogens (tertiary/aromatic N) is 3. The molecule has 0 radical (unpaired) electrons. The Morgan fingerprint density at radius 3 is 1.89 bits per heavy atom. The highest BCUT2D eigenvalue weighted by Crippen LogP contribution is 2.45. The molecule has 3 atom stereocenters. The Bertz CT molecular complexity index is 2630. The number of hydrogen-bond acceptors (Lipinski definition) is 11. The predicted octanol–water partition coefficient (Wildman–Crippen LogP) is 9.15. The number of fused-ring (bicyclic) bond motifs is 1. The highest BCUT2D eigenvalue weighted by atomic mass is 32.2. The van der Waals surface area contributed by atoms with Gasteiger partial charge in [0.25, 0.3) is 11.7 Å². The molecule has 2 aliphatic rings. The van der Waals surface area contributed by atoms with E-state index >= 15 is 0 Å². The van der Waals surface area contributed by atoms with Gasteiger partial charge in [0.05, 0.1) is 0 Å². The Morgan fingerprint density at radius 1 is 0.781 bits per heavy atom. The Labute approximate surface area is 383 Å². The summed E-state index contributed by atoms with van der Waals surface area (Å²) in [6.45, 7) is 0.0240. The maximum Gasteiger partial charge on any atom is 0.319 e. The Morgan fingerprint density at radius 2 is 1.34 bits per heavy atom. The van der Waals surface area contributed by atoms with E-state index < -0.39 is 52.0 Å². The van der Waals surface area contributed by atoms with Crippen molar-refractivity contribution in [3.63, 3.8) is 0 Å². The molecule has 2 saturated heterocycles. The van der Waals surface area contributed by atoms with Gasteiger partial charge in [-0.3, -0.25) is 24.2 Å². The number of thioether (sulfide) groups is 2. The number of esters is 1. The summed E-state index contributed by atoms with van der Waals surface area (Å²) in [5.74, 6) is -2.42. The van der Waals surface area contributed by atoms with Crippen molar-refractivity contribution < 1.29 is 23.9 Å². The summed E-state index contributed by atoms with van der Waals surface area (Å²) in [6, 6.07) is 51.9. The number of Topliss-reactive ketones (excluding diaryl/α,β-unsaturated/α-hetero) is 1. The minimum Gasteiger partial charge on any atom is -0.452 e. The van der Waals surface area contributed by atoms with Crippen LogP contribution < -0.4 is 10.6 Å². The van der Waals surface area contributed by atoms with Gasteiger partial charge < -0.3 is 20.3 Å². The predicted molar refractivity (Wildman–Crippen MR) is 252 cm³/mol. The zero-order valence-electron chi connectivity index (χ0n) is 34.2. The molecule has 13 heteroatoms. The molecule has 10 nitrogen and oxygen atoms in total. The third-order valence-corrected chi connectivity index (χ3v) is 14.4. The molecule has 5 aromatic carbocycles. The molecule has 4 heterocycles. The van der Waals surface area contributed by atoms with Crippen molar-refractivity contribution in [2.24, 2.45) is 5.41 Å². The van der Waals surface area contributed by atoms with E-state index in [9.17, 15) is 19.2 Å². The van der Waals surface area contributed by atoms with E-state index in [0.717, 1.165) is 32.7 Å². The van der Waals surface area contributed by atoms with Gasteiger partial charge in [0.15, 0.2) is 11.2 Å². The first-order valence-electron chi connectivity index (χ1n) is 20.6. The average Bonchev–Trinajstić information content (AvgIpc) is 3.83. The Hall–Kier alpha value is -6.80. The second kappa shape index (κ2) is 18.9. The smallest absolute Gasteiger partial charge is 0.319 e. The van der Waals surface area contributed by atoms with Crippen LogP contribution in [0, 0.1) is 5.41 Å². The van der Waals surface area contributed by atoms with Gasteiger partial charge >= 0.3 is 5.97 Å². The summed E-state index contributed by atoms with van der Waals surface area (Å²) in [5, 5.41) is 9.65. The highest BCUT2D eigenvalue weighted by Gasteiger charge is 2.57. The summed E-state index contributed by atoms with van der Waals surface area (Å²) >= 11 is 3.98. The number of ketones is 1. The van der Waals surface area contributed by atoms with Crippen molar-refractivity contribution in [2.75, 3.05) is 17.6 Å². The zero-order valence-corrected chi connectivity index (χ0v) is 36.7. The quantitative estimate of drug-likeness (QED) is 0.0257. The lowest BCUT2D eigenvalue weighted by Gasteiger charge is -2.53. The SMILES string of the molecule is O=C(NC1C(=O)N2CC(C=CSc3cccnc3)(C(=O)OC(c3ccccc3)c3ccccc3)CS[C@H]12)C(=O)c1csc(NC(c2ccccc2)(c2ccccc2)c2ccccc2)n1. The standard InChI is InChI=1S/C51H41N5O5S3/c57-43(41-32-63-49(53-41)55-51(37-21-10-3-11-22-37,38-23-12-4-13-24-38)39-25-14-5-15-26-39)45(58)54-42-46(59)56-33-50(34-64-47(42)56,28-30-62-40-27-16-29-52-31-40)48(60)61-44(35-17-6-1-7-18-35)36-19-8-2-9-20-36/h1-32,42,44,47H,33-34H2,(H,53,55)(H,54,58)/t42?,47-,50?/m1/s1. The number of nitrogens with one attached hydrogen (secondary N) is 2. The molecular weight excluding hydrogens is 859 g/mol. The first-order valence-corrected chi connectivity index (χ1v) is 23.4. The van der Waals surface area contributed by atoms with Crippen LogP contribution in [-0.2, 0) is 24.7 Å². The van der Waals surface area contributed by atoms with E-state index in [0.29, 0.717) is 5.13 Å². The second-order valence-electron chi connectivity index (χ2n) is 15.3. The van der Waals surface area contributed by atoms with Gasteiger partial charge in [0, 0.05) is 35.0 Å². The highest BCUT2D eigenvalue weighted by molar-refractivity contribution is 8.02. The number of aromatic nitrogens is 2. The van der Waals surface area contributed by atoms with Crippen LogP contribution in [0.15, 0.2) is 198 Å². The van der Waals surface area contributed by atoms with Crippen LogP contribution in [0.4, 0.5) is 5.13 Å². The van der Waals surface area contributed by atoms with Crippen LogP contribution in [0.25, 0.3) is 0 Å². The topological polar surface area (TPSA) is 131 Å². The minimum atomic E-state index is -1.23. The number of anilines is 1. The molecule has 2 aromatic heterocycles. The number of benzene rings is 5. The summed E-state index contributed by atoms with van der Waals surface area (Å²) < 4.78 is 6.40. The normalized spacial score (nSPS) is 18.2. The van der Waals surface area contributed by atoms with Gasteiger partial charge in [0.1, 0.15) is 28.1 Å². The van der Waals surface area contributed by atoms with E-state index in [1.165, 1.54) is 34.9 Å². The van der Waals surface area contributed by atoms with Gasteiger partial charge in [-0.1, -0.05) is 169 Å². The summed E-state index contributed by atoms with van der Waals surface area (Å²) in [4.78, 5) is 67.1. The van der Waals surface area contributed by atoms with Crippen molar-refractivity contribution in [2.45, 2.75) is 28.0 Å². The average molecular weight is 900 g/mol. The lowest BCUT2D eigenvalue weighted by molar-refractivity contribution is -0.162. The van der Waals surface area contributed by atoms with E-state index in [2.05, 4.69) is 20.6 Å². The lowest BCUT2D eigenvalue weighted by atomic mass is 9.77. The molecule has 2 fully saturated rings. The zero-order chi connectivity index (χ0) is 43.9. The number of ether oxygens (including phenoxy) is 1. The van der Waals surface area contributed by atoms with Crippen molar-refractivity contribution in [3.05, 3.63) is 227 Å². The van der Waals surface area contributed by atoms with Crippen molar-refractivity contribution in [3.8, 4) is 0 Å². The summed E-state index contributed by atoms with van der Waals surface area (Å²) in [5.41, 5.74) is 2.34. The van der Waals surface area contributed by atoms with Crippen LogP contribution in [0.1, 0.15) is 44.4 Å². The molecule has 0 aliphatic carbocycles. The molecule has 64 heavy (non-hydrogen) atoms. The molecule has 9 rings (SSSR count). The number of pyridine rings is 1. The Balaban J connectivity index is 0.923. The summed E-state index contributed by atoms with van der Waals surface area (Å²) in [7, 11) is 0. The van der Waals surface area contributed by atoms with Gasteiger partial charge in [-0.25, -0.2) is 4.98 Å². The monoisotopic (exact) mass is 899 g/mol. The Kier molecular flexibility index (Phi) is 12.5. The first-order chi connectivity index (χ1) is 31.3. The number of hydrogen-bond donors (Lipinski definition) is 2. The van der Waals surface area contributed by atoms with Crippen LogP contribution in [0.3, 0.4) is 0 Å². The largest absolute Gasteiger partial charge is 0.452 e. The lowest BCUT2D eigenvalue weighted by Crippen LogP contribution is -2.73. The van der Waals surface area contributed by atoms with E-state index in [-0.39, 0.29) is 18.0 Å². The maximum absolute atomic E-state index is 14.6. The van der Waals surface area contributed by atoms with E-state index in [1.807, 2.05) is 175 Å². The molecule has 2 amide bonds. The second-order valence-corrected chi connectivity index (χ2v) is 18.3. The fourth-order valence-corrected chi connectivity index (χ4v) is 11.1. The molecular formula is C51H41N5O5S3. The molecule has 2 unspecified atom stereocenters. The third-order valence-electron chi connectivity index (χ3n) is 11.3. The number of β-lactam (4-membered cyclic amide) rings is 1. The number of amides is 2. The number of carbonyl (C=O) groups is 4. The molecule has 2 N–H and O–H groups in total. The van der Waals surface area contributed by atoms with Crippen molar-refractivity contribution >= 4 is 63.6 Å².